The van der Waals surface area contributed by atoms with Gasteiger partial charge in [0.05, 0.1) is 10.6 Å². The Bertz CT molecular complexity index is 990. The van der Waals surface area contributed by atoms with Gasteiger partial charge in [-0.2, -0.15) is 0 Å². The van der Waals surface area contributed by atoms with Crippen LogP contribution in [0.1, 0.15) is 35.1 Å². The summed E-state index contributed by atoms with van der Waals surface area (Å²) in [6.07, 6.45) is 4.51. The molecule has 0 aromatic heterocycles. The molecule has 28 heavy (non-hydrogen) atoms. The highest BCUT2D eigenvalue weighted by Gasteiger charge is 2.34. The zero-order valence-electron chi connectivity index (χ0n) is 16.5. The summed E-state index contributed by atoms with van der Waals surface area (Å²) in [4.78, 5) is 17.9. The molecule has 2 aliphatic rings. The molecule has 0 N–H and O–H groups in total. The summed E-state index contributed by atoms with van der Waals surface area (Å²) >= 11 is 6.91. The standard InChI is InChI=1S/C23H24N2OS2/c1-15-6-9-20(17(3)12-15)25-22(26)21(28-23(25)27)14-18-7-8-19(13-16(18)2)24-10-4-5-11-24/h6-9,12-14H,4-5,10-11H2,1-3H3/b21-14-. The molecule has 0 saturated carbocycles. The average molecular weight is 409 g/mol. The number of carbonyl (C=O) groups is 1. The number of thioether (sulfide) groups is 1. The lowest BCUT2D eigenvalue weighted by molar-refractivity contribution is -0.113. The number of rotatable bonds is 3. The summed E-state index contributed by atoms with van der Waals surface area (Å²) in [5.74, 6) is -0.0371. The van der Waals surface area contributed by atoms with Gasteiger partial charge in [-0.1, -0.05) is 47.7 Å². The van der Waals surface area contributed by atoms with Gasteiger partial charge in [0, 0.05) is 18.8 Å². The van der Waals surface area contributed by atoms with Gasteiger partial charge in [0.1, 0.15) is 0 Å². The van der Waals surface area contributed by atoms with Crippen molar-refractivity contribution in [3.05, 3.63) is 63.6 Å². The third kappa shape index (κ3) is 3.61. The molecular formula is C23H24N2OS2. The second-order valence-corrected chi connectivity index (χ2v) is 9.22. The molecule has 0 unspecified atom stereocenters. The van der Waals surface area contributed by atoms with Crippen LogP contribution < -0.4 is 9.80 Å². The van der Waals surface area contributed by atoms with E-state index in [4.69, 9.17) is 12.2 Å². The maximum atomic E-state index is 13.1. The first kappa shape index (κ1) is 19.2. The molecule has 144 valence electrons. The van der Waals surface area contributed by atoms with Crippen LogP contribution in [-0.2, 0) is 4.79 Å². The van der Waals surface area contributed by atoms with Crippen molar-refractivity contribution >= 4 is 51.7 Å². The molecule has 0 bridgehead atoms. The molecule has 1 amide bonds. The highest BCUT2D eigenvalue weighted by Crippen LogP contribution is 2.38. The minimum Gasteiger partial charge on any atom is -0.372 e. The predicted molar refractivity (Wildman–Crippen MR) is 124 cm³/mol. The Morgan fingerprint density at radius 3 is 2.43 bits per heavy atom. The zero-order chi connectivity index (χ0) is 19.8. The Morgan fingerprint density at radius 1 is 1.00 bits per heavy atom. The van der Waals surface area contributed by atoms with Crippen LogP contribution in [0.4, 0.5) is 11.4 Å². The molecule has 0 aliphatic carbocycles. The first-order valence-corrected chi connectivity index (χ1v) is 10.9. The summed E-state index contributed by atoms with van der Waals surface area (Å²) in [6.45, 7) is 8.44. The van der Waals surface area contributed by atoms with Gasteiger partial charge in [-0.05, 0) is 74.6 Å². The van der Waals surface area contributed by atoms with Crippen LogP contribution in [0.5, 0.6) is 0 Å². The van der Waals surface area contributed by atoms with E-state index in [9.17, 15) is 4.79 Å². The molecule has 0 radical (unpaired) electrons. The van der Waals surface area contributed by atoms with Crippen molar-refractivity contribution in [3.8, 4) is 0 Å². The third-order valence-corrected chi connectivity index (χ3v) is 6.70. The molecule has 2 fully saturated rings. The Balaban J connectivity index is 1.62. The van der Waals surface area contributed by atoms with Crippen molar-refractivity contribution in [3.63, 3.8) is 0 Å². The Kier molecular flexibility index (Phi) is 5.30. The quantitative estimate of drug-likeness (QED) is 0.486. The number of thiocarbonyl (C=S) groups is 1. The van der Waals surface area contributed by atoms with Gasteiger partial charge in [0.15, 0.2) is 4.32 Å². The van der Waals surface area contributed by atoms with E-state index in [1.807, 2.05) is 25.1 Å². The first-order valence-electron chi connectivity index (χ1n) is 9.65. The lowest BCUT2D eigenvalue weighted by Gasteiger charge is -2.19. The first-order chi connectivity index (χ1) is 13.4. The maximum Gasteiger partial charge on any atom is 0.270 e. The lowest BCUT2D eigenvalue weighted by atomic mass is 10.1. The second kappa shape index (κ2) is 7.72. The molecular weight excluding hydrogens is 384 g/mol. The highest BCUT2D eigenvalue weighted by molar-refractivity contribution is 8.27. The largest absolute Gasteiger partial charge is 0.372 e. The van der Waals surface area contributed by atoms with Crippen molar-refractivity contribution in [2.75, 3.05) is 22.9 Å². The van der Waals surface area contributed by atoms with Gasteiger partial charge in [-0.3, -0.25) is 9.69 Å². The number of anilines is 2. The zero-order valence-corrected chi connectivity index (χ0v) is 18.1. The van der Waals surface area contributed by atoms with Crippen molar-refractivity contribution in [1.82, 2.24) is 0 Å². The van der Waals surface area contributed by atoms with Crippen molar-refractivity contribution in [2.24, 2.45) is 0 Å². The lowest BCUT2D eigenvalue weighted by Crippen LogP contribution is -2.28. The van der Waals surface area contributed by atoms with E-state index in [1.165, 1.54) is 41.4 Å². The summed E-state index contributed by atoms with van der Waals surface area (Å²) < 4.78 is 0.592. The summed E-state index contributed by atoms with van der Waals surface area (Å²) in [6, 6.07) is 12.6. The number of hydrogen-bond donors (Lipinski definition) is 0. The Morgan fingerprint density at radius 2 is 1.75 bits per heavy atom. The van der Waals surface area contributed by atoms with Crippen molar-refractivity contribution in [1.29, 1.82) is 0 Å². The number of benzene rings is 2. The molecule has 5 heteroatoms. The number of carbonyl (C=O) groups excluding carboxylic acids is 1. The second-order valence-electron chi connectivity index (χ2n) is 7.54. The van der Waals surface area contributed by atoms with Gasteiger partial charge in [0.25, 0.3) is 5.91 Å². The van der Waals surface area contributed by atoms with E-state index in [0.717, 1.165) is 29.9 Å². The van der Waals surface area contributed by atoms with E-state index >= 15 is 0 Å². The fraction of sp³-hybridized carbons (Fsp3) is 0.304. The topological polar surface area (TPSA) is 23.6 Å². The molecule has 0 spiro atoms. The molecule has 2 aliphatic heterocycles. The fourth-order valence-electron chi connectivity index (χ4n) is 3.87. The SMILES string of the molecule is Cc1ccc(N2C(=O)/C(=C/c3ccc(N4CCCC4)cc3C)SC2=S)c(C)c1. The fourth-order valence-corrected chi connectivity index (χ4v) is 5.14. The maximum absolute atomic E-state index is 13.1. The van der Waals surface area contributed by atoms with Gasteiger partial charge in [-0.25, -0.2) is 0 Å². The van der Waals surface area contributed by atoms with Crippen LogP contribution in [0.15, 0.2) is 41.3 Å². The van der Waals surface area contributed by atoms with Crippen LogP contribution in [0.3, 0.4) is 0 Å². The molecule has 2 heterocycles. The minimum atomic E-state index is -0.0371. The van der Waals surface area contributed by atoms with E-state index in [1.54, 1.807) is 4.90 Å². The van der Waals surface area contributed by atoms with Gasteiger partial charge >= 0.3 is 0 Å². The smallest absolute Gasteiger partial charge is 0.270 e. The van der Waals surface area contributed by atoms with Gasteiger partial charge in [-0.15, -0.1) is 0 Å². The minimum absolute atomic E-state index is 0.0371. The van der Waals surface area contributed by atoms with Crippen LogP contribution >= 0.6 is 24.0 Å². The van der Waals surface area contributed by atoms with Gasteiger partial charge in [0.2, 0.25) is 0 Å². The molecule has 2 aromatic carbocycles. The van der Waals surface area contributed by atoms with Crippen LogP contribution in [0, 0.1) is 20.8 Å². The Hall–Kier alpha value is -2.11. The normalized spacial score (nSPS) is 18.6. The molecule has 0 atom stereocenters. The van der Waals surface area contributed by atoms with Crippen molar-refractivity contribution in [2.45, 2.75) is 33.6 Å². The Labute approximate surface area is 176 Å². The van der Waals surface area contributed by atoms with Crippen LogP contribution in [0.2, 0.25) is 0 Å². The number of hydrogen-bond acceptors (Lipinski definition) is 4. The van der Waals surface area contributed by atoms with Gasteiger partial charge < -0.3 is 4.90 Å². The number of aryl methyl sites for hydroxylation is 3. The van der Waals surface area contributed by atoms with E-state index in [0.29, 0.717) is 9.23 Å². The molecule has 2 saturated heterocycles. The summed E-state index contributed by atoms with van der Waals surface area (Å²) in [7, 11) is 0. The van der Waals surface area contributed by atoms with Crippen molar-refractivity contribution < 1.29 is 4.79 Å². The van der Waals surface area contributed by atoms with E-state index in [2.05, 4.69) is 43.0 Å². The van der Waals surface area contributed by atoms with Crippen LogP contribution in [-0.4, -0.2) is 23.3 Å². The molecule has 2 aromatic rings. The van der Waals surface area contributed by atoms with E-state index in [-0.39, 0.29) is 5.91 Å². The molecule has 4 rings (SSSR count). The number of amides is 1. The molecule has 3 nitrogen and oxygen atoms in total. The van der Waals surface area contributed by atoms with Crippen LogP contribution in [0.25, 0.3) is 6.08 Å². The highest BCUT2D eigenvalue weighted by atomic mass is 32.2. The number of nitrogens with zero attached hydrogens (tertiary/aromatic N) is 2. The summed E-state index contributed by atoms with van der Waals surface area (Å²) in [5, 5.41) is 0. The summed E-state index contributed by atoms with van der Waals surface area (Å²) in [5.41, 5.74) is 6.64. The average Bonchev–Trinajstić information content (AvgIpc) is 3.27. The monoisotopic (exact) mass is 408 g/mol. The third-order valence-electron chi connectivity index (χ3n) is 5.40. The van der Waals surface area contributed by atoms with E-state index < -0.39 is 0 Å². The predicted octanol–water partition coefficient (Wildman–Crippen LogP) is 5.62.